The van der Waals surface area contributed by atoms with Gasteiger partial charge in [0.05, 0.1) is 12.5 Å². The van der Waals surface area contributed by atoms with E-state index >= 15 is 0 Å². The van der Waals surface area contributed by atoms with E-state index in [4.69, 9.17) is 4.52 Å². The molecular formula is C9H6BrNO3. The van der Waals surface area contributed by atoms with E-state index in [0.717, 1.165) is 5.39 Å². The van der Waals surface area contributed by atoms with Crippen molar-refractivity contribution in [1.29, 1.82) is 0 Å². The molecular weight excluding hydrogens is 250 g/mol. The molecule has 0 radical (unpaired) electrons. The Morgan fingerprint density at radius 2 is 2.36 bits per heavy atom. The minimum Gasteiger partial charge on any atom is -0.465 e. The zero-order valence-corrected chi connectivity index (χ0v) is 8.87. The Morgan fingerprint density at radius 1 is 1.57 bits per heavy atom. The van der Waals surface area contributed by atoms with E-state index < -0.39 is 5.97 Å². The molecule has 14 heavy (non-hydrogen) atoms. The lowest BCUT2D eigenvalue weighted by Crippen LogP contribution is -2.00. The molecule has 0 saturated heterocycles. The van der Waals surface area contributed by atoms with Gasteiger partial charge in [-0.15, -0.1) is 0 Å². The number of benzene rings is 1. The molecule has 0 fully saturated rings. The van der Waals surface area contributed by atoms with Crippen LogP contribution in [0.5, 0.6) is 0 Å². The summed E-state index contributed by atoms with van der Waals surface area (Å²) in [7, 11) is 1.33. The predicted octanol–water partition coefficient (Wildman–Crippen LogP) is 2.38. The number of carbonyl (C=O) groups excluding carboxylic acids is 1. The molecule has 1 aromatic heterocycles. The largest absolute Gasteiger partial charge is 0.465 e. The van der Waals surface area contributed by atoms with Crippen molar-refractivity contribution in [2.45, 2.75) is 0 Å². The molecule has 0 aliphatic rings. The summed E-state index contributed by atoms with van der Waals surface area (Å²) in [5.41, 5.74) is 0.814. The van der Waals surface area contributed by atoms with E-state index in [1.807, 2.05) is 6.07 Å². The summed E-state index contributed by atoms with van der Waals surface area (Å²) in [5, 5.41) is 4.46. The summed E-state index contributed by atoms with van der Waals surface area (Å²) < 4.78 is 10.2. The second kappa shape index (κ2) is 3.42. The van der Waals surface area contributed by atoms with Crippen LogP contribution in [0.15, 0.2) is 27.3 Å². The Hall–Kier alpha value is -1.36. The number of esters is 1. The van der Waals surface area contributed by atoms with Gasteiger partial charge >= 0.3 is 5.97 Å². The quantitative estimate of drug-likeness (QED) is 0.735. The summed E-state index contributed by atoms with van der Waals surface area (Å²) in [4.78, 5) is 11.3. The van der Waals surface area contributed by atoms with Crippen molar-refractivity contribution in [1.82, 2.24) is 5.16 Å². The Kier molecular flexibility index (Phi) is 2.25. The maximum atomic E-state index is 11.3. The van der Waals surface area contributed by atoms with Crippen molar-refractivity contribution < 1.29 is 14.1 Å². The van der Waals surface area contributed by atoms with Gasteiger partial charge in [0.1, 0.15) is 5.56 Å². The van der Waals surface area contributed by atoms with Gasteiger partial charge in [-0.2, -0.15) is 0 Å². The van der Waals surface area contributed by atoms with Crippen molar-refractivity contribution in [2.24, 2.45) is 0 Å². The van der Waals surface area contributed by atoms with Gasteiger partial charge in [-0.3, -0.25) is 0 Å². The van der Waals surface area contributed by atoms with Crippen LogP contribution in [-0.2, 0) is 4.74 Å². The van der Waals surface area contributed by atoms with Gasteiger partial charge in [-0.25, -0.2) is 4.79 Å². The van der Waals surface area contributed by atoms with Gasteiger partial charge in [0.15, 0.2) is 10.2 Å². The maximum absolute atomic E-state index is 11.3. The highest BCUT2D eigenvalue weighted by atomic mass is 79.9. The normalized spacial score (nSPS) is 10.4. The number of rotatable bonds is 1. The highest BCUT2D eigenvalue weighted by Gasteiger charge is 2.15. The summed E-state index contributed by atoms with van der Waals surface area (Å²) in [5.74, 6) is -0.431. The van der Waals surface area contributed by atoms with Gasteiger partial charge in [0.2, 0.25) is 0 Å². The van der Waals surface area contributed by atoms with Crippen LogP contribution in [-0.4, -0.2) is 18.2 Å². The van der Waals surface area contributed by atoms with Gasteiger partial charge in [-0.1, -0.05) is 11.2 Å². The molecule has 0 spiro atoms. The third-order valence-corrected chi connectivity index (χ3v) is 2.43. The molecule has 0 amide bonds. The standard InChI is InChI=1S/C9H6BrNO3/c1-13-9(12)6-4-2-3-5-7(6)14-11-8(5)10/h2-4H,1H3. The molecule has 72 valence electrons. The zero-order valence-electron chi connectivity index (χ0n) is 7.28. The fraction of sp³-hybridized carbons (Fsp3) is 0.111. The van der Waals surface area contributed by atoms with E-state index in [-0.39, 0.29) is 0 Å². The number of nitrogens with zero attached hydrogens (tertiary/aromatic N) is 1. The molecule has 0 aliphatic carbocycles. The summed E-state index contributed by atoms with van der Waals surface area (Å²) in [6.45, 7) is 0. The molecule has 0 saturated carbocycles. The minimum absolute atomic E-state index is 0.378. The average molecular weight is 256 g/mol. The molecule has 0 bridgehead atoms. The van der Waals surface area contributed by atoms with Gasteiger partial charge in [-0.05, 0) is 28.1 Å². The van der Waals surface area contributed by atoms with Crippen LogP contribution >= 0.6 is 15.9 Å². The zero-order chi connectivity index (χ0) is 10.1. The first-order valence-corrected chi connectivity index (χ1v) is 4.65. The minimum atomic E-state index is -0.431. The molecule has 5 heteroatoms. The van der Waals surface area contributed by atoms with Crippen molar-refractivity contribution in [3.8, 4) is 0 Å². The van der Waals surface area contributed by atoms with E-state index in [0.29, 0.717) is 15.7 Å². The van der Waals surface area contributed by atoms with Crippen LogP contribution < -0.4 is 0 Å². The highest BCUT2D eigenvalue weighted by Crippen LogP contribution is 2.25. The summed E-state index contributed by atoms with van der Waals surface area (Å²) in [6, 6.07) is 5.19. The molecule has 1 aromatic carbocycles. The molecule has 0 unspecified atom stereocenters. The van der Waals surface area contributed by atoms with E-state index in [9.17, 15) is 4.79 Å². The second-order valence-electron chi connectivity index (χ2n) is 2.65. The number of fused-ring (bicyclic) bond motifs is 1. The van der Waals surface area contributed by atoms with Crippen LogP contribution in [0.3, 0.4) is 0 Å². The van der Waals surface area contributed by atoms with Crippen molar-refractivity contribution in [2.75, 3.05) is 7.11 Å². The third kappa shape index (κ3) is 1.29. The van der Waals surface area contributed by atoms with Crippen LogP contribution in [0.2, 0.25) is 0 Å². The summed E-state index contributed by atoms with van der Waals surface area (Å²) >= 11 is 3.22. The number of hydrogen-bond donors (Lipinski definition) is 0. The number of halogens is 1. The third-order valence-electron chi connectivity index (χ3n) is 1.86. The average Bonchev–Trinajstić information content (AvgIpc) is 2.59. The predicted molar refractivity (Wildman–Crippen MR) is 53.0 cm³/mol. The van der Waals surface area contributed by atoms with Crippen LogP contribution in [0.1, 0.15) is 10.4 Å². The smallest absolute Gasteiger partial charge is 0.341 e. The molecule has 2 rings (SSSR count). The van der Waals surface area contributed by atoms with Gasteiger partial charge < -0.3 is 9.26 Å². The number of carbonyl (C=O) groups is 1. The van der Waals surface area contributed by atoms with Crippen molar-refractivity contribution >= 4 is 32.9 Å². The number of ether oxygens (including phenoxy) is 1. The van der Waals surface area contributed by atoms with E-state index in [1.165, 1.54) is 7.11 Å². The lowest BCUT2D eigenvalue weighted by atomic mass is 10.1. The molecule has 0 N–H and O–H groups in total. The first-order valence-electron chi connectivity index (χ1n) is 3.86. The van der Waals surface area contributed by atoms with Gasteiger partial charge in [0.25, 0.3) is 0 Å². The highest BCUT2D eigenvalue weighted by molar-refractivity contribution is 9.10. The van der Waals surface area contributed by atoms with E-state index in [2.05, 4.69) is 25.8 Å². The van der Waals surface area contributed by atoms with Crippen molar-refractivity contribution in [3.05, 3.63) is 28.4 Å². The number of methoxy groups -OCH3 is 1. The fourth-order valence-corrected chi connectivity index (χ4v) is 1.59. The molecule has 0 atom stereocenters. The van der Waals surface area contributed by atoms with E-state index in [1.54, 1.807) is 12.1 Å². The monoisotopic (exact) mass is 255 g/mol. The Bertz CT molecular complexity index is 492. The number of aromatic nitrogens is 1. The van der Waals surface area contributed by atoms with Crippen LogP contribution in [0, 0.1) is 0 Å². The van der Waals surface area contributed by atoms with Crippen molar-refractivity contribution in [3.63, 3.8) is 0 Å². The number of para-hydroxylation sites is 1. The first kappa shape index (κ1) is 9.21. The second-order valence-corrected chi connectivity index (χ2v) is 3.40. The number of hydrogen-bond acceptors (Lipinski definition) is 4. The van der Waals surface area contributed by atoms with Crippen LogP contribution in [0.4, 0.5) is 0 Å². The maximum Gasteiger partial charge on any atom is 0.341 e. The lowest BCUT2D eigenvalue weighted by Gasteiger charge is -1.97. The Morgan fingerprint density at radius 3 is 3.07 bits per heavy atom. The summed E-state index contributed by atoms with van der Waals surface area (Å²) in [6.07, 6.45) is 0. The first-order chi connectivity index (χ1) is 6.74. The fourth-order valence-electron chi connectivity index (χ4n) is 1.20. The molecule has 4 nitrogen and oxygen atoms in total. The SMILES string of the molecule is COC(=O)c1cccc2c(Br)noc12. The Labute approximate surface area is 88.0 Å². The van der Waals surface area contributed by atoms with Gasteiger partial charge in [0, 0.05) is 0 Å². The molecule has 2 aromatic rings. The molecule has 0 aliphatic heterocycles. The van der Waals surface area contributed by atoms with Crippen LogP contribution in [0.25, 0.3) is 11.0 Å². The lowest BCUT2D eigenvalue weighted by molar-refractivity contribution is 0.0601. The Balaban J connectivity index is 2.71. The topological polar surface area (TPSA) is 52.3 Å². The molecule has 1 heterocycles.